The highest BCUT2D eigenvalue weighted by Crippen LogP contribution is 2.51. The van der Waals surface area contributed by atoms with Gasteiger partial charge in [0, 0.05) is 0 Å². The molecule has 2 aromatic carbocycles. The lowest BCUT2D eigenvalue weighted by molar-refractivity contribution is 0.138. The van der Waals surface area contributed by atoms with Crippen LogP contribution in [0.25, 0.3) is 0 Å². The molecular weight excluding hydrogens is 335 g/mol. The molecule has 0 saturated heterocycles. The van der Waals surface area contributed by atoms with E-state index in [1.54, 1.807) is 24.3 Å². The number of hydrogen-bond donors (Lipinski definition) is 0. The number of hydrogen-bond acceptors (Lipinski definition) is 4. The highest BCUT2D eigenvalue weighted by atomic mass is 31.2. The summed E-state index contributed by atoms with van der Waals surface area (Å²) in [7, 11) is -3.81. The predicted molar refractivity (Wildman–Crippen MR) is 101 cm³/mol. The molecular formula is C20H27O4P. The molecule has 0 aromatic heterocycles. The van der Waals surface area contributed by atoms with Crippen molar-refractivity contribution in [3.63, 3.8) is 0 Å². The fourth-order valence-electron chi connectivity index (χ4n) is 2.45. The highest BCUT2D eigenvalue weighted by Gasteiger charge is 2.33. The van der Waals surface area contributed by atoms with Crippen LogP contribution in [0.3, 0.4) is 0 Å². The van der Waals surface area contributed by atoms with E-state index in [0.29, 0.717) is 17.4 Å². The molecule has 0 aliphatic carbocycles. The second-order valence-corrected chi connectivity index (χ2v) is 8.27. The number of aryl methyl sites for hydroxylation is 2. The summed E-state index contributed by atoms with van der Waals surface area (Å²) in [4.78, 5) is 0. The maximum absolute atomic E-state index is 13.2. The molecule has 0 spiro atoms. The van der Waals surface area contributed by atoms with Crippen LogP contribution < -0.4 is 9.05 Å². The molecule has 0 bridgehead atoms. The van der Waals surface area contributed by atoms with Crippen LogP contribution in [0.1, 0.15) is 38.3 Å². The van der Waals surface area contributed by atoms with Crippen molar-refractivity contribution in [2.45, 2.75) is 47.1 Å². The zero-order valence-electron chi connectivity index (χ0n) is 15.6. The van der Waals surface area contributed by atoms with Crippen LogP contribution in [0.2, 0.25) is 0 Å². The molecule has 0 radical (unpaired) electrons. The maximum Gasteiger partial charge on any atom is 0.587 e. The molecule has 0 fully saturated rings. The third-order valence-corrected chi connectivity index (χ3v) is 5.08. The third-order valence-electron chi connectivity index (χ3n) is 3.59. The lowest BCUT2D eigenvalue weighted by Gasteiger charge is -2.23. The fraction of sp³-hybridized carbons (Fsp3) is 0.400. The van der Waals surface area contributed by atoms with Crippen LogP contribution >= 0.6 is 7.82 Å². The summed E-state index contributed by atoms with van der Waals surface area (Å²) in [5.74, 6) is 1.33. The predicted octanol–water partition coefficient (Wildman–Crippen LogP) is 6.32. The van der Waals surface area contributed by atoms with E-state index in [9.17, 15) is 4.57 Å². The van der Waals surface area contributed by atoms with Gasteiger partial charge < -0.3 is 9.05 Å². The zero-order chi connectivity index (χ0) is 18.4. The van der Waals surface area contributed by atoms with Crippen molar-refractivity contribution >= 4 is 7.82 Å². The number of benzene rings is 2. The average molecular weight is 362 g/mol. The van der Waals surface area contributed by atoms with Crippen LogP contribution in [0.5, 0.6) is 11.5 Å². The van der Waals surface area contributed by atoms with Crippen molar-refractivity contribution in [3.8, 4) is 11.5 Å². The minimum Gasteiger partial charge on any atom is -0.395 e. The SMILES string of the molecule is Cc1ccc(OP(=O)(Oc2ccc(C)cc2)OC(C)CC(C)C)cc1. The number of phosphoric acid groups is 1. The summed E-state index contributed by atoms with van der Waals surface area (Å²) in [6, 6.07) is 14.6. The smallest absolute Gasteiger partial charge is 0.395 e. The Morgan fingerprint density at radius 3 is 1.56 bits per heavy atom. The number of phosphoric ester groups is 1. The zero-order valence-corrected chi connectivity index (χ0v) is 16.5. The Bertz CT molecular complexity index is 656. The minimum absolute atomic E-state index is 0.248. The van der Waals surface area contributed by atoms with Gasteiger partial charge in [0.15, 0.2) is 0 Å². The van der Waals surface area contributed by atoms with Crippen LogP contribution in [0, 0.1) is 19.8 Å². The molecule has 25 heavy (non-hydrogen) atoms. The molecule has 1 atom stereocenters. The van der Waals surface area contributed by atoms with E-state index < -0.39 is 7.82 Å². The van der Waals surface area contributed by atoms with Crippen molar-refractivity contribution in [2.24, 2.45) is 5.92 Å². The minimum atomic E-state index is -3.81. The van der Waals surface area contributed by atoms with Crippen LogP contribution in [0.4, 0.5) is 0 Å². The van der Waals surface area contributed by atoms with Gasteiger partial charge in [0.25, 0.3) is 0 Å². The molecule has 0 amide bonds. The summed E-state index contributed by atoms with van der Waals surface area (Å²) in [5.41, 5.74) is 2.19. The summed E-state index contributed by atoms with van der Waals surface area (Å²) in [5, 5.41) is 0. The Balaban J connectivity index is 2.21. The lowest BCUT2D eigenvalue weighted by atomic mass is 10.1. The molecule has 1 unspecified atom stereocenters. The number of rotatable bonds is 8. The van der Waals surface area contributed by atoms with E-state index in [1.807, 2.05) is 45.0 Å². The first kappa shape index (κ1) is 19.6. The van der Waals surface area contributed by atoms with E-state index in [2.05, 4.69) is 13.8 Å². The Hall–Kier alpha value is -1.77. The quantitative estimate of drug-likeness (QED) is 0.515. The second kappa shape index (κ2) is 8.55. The molecule has 0 saturated carbocycles. The van der Waals surface area contributed by atoms with Gasteiger partial charge in [-0.2, -0.15) is 0 Å². The lowest BCUT2D eigenvalue weighted by Crippen LogP contribution is -2.14. The Labute approximate surface area is 150 Å². The molecule has 2 rings (SSSR count). The van der Waals surface area contributed by atoms with Gasteiger partial charge in [-0.1, -0.05) is 49.2 Å². The summed E-state index contributed by atoms with van der Waals surface area (Å²) < 4.78 is 30.3. The Morgan fingerprint density at radius 2 is 1.20 bits per heavy atom. The van der Waals surface area contributed by atoms with E-state index in [1.165, 1.54) is 0 Å². The molecule has 4 nitrogen and oxygen atoms in total. The first-order chi connectivity index (χ1) is 11.8. The molecule has 136 valence electrons. The van der Waals surface area contributed by atoms with Gasteiger partial charge in [0.05, 0.1) is 6.10 Å². The largest absolute Gasteiger partial charge is 0.587 e. The second-order valence-electron chi connectivity index (χ2n) is 6.80. The van der Waals surface area contributed by atoms with Crippen molar-refractivity contribution < 1.29 is 18.1 Å². The van der Waals surface area contributed by atoms with Gasteiger partial charge in [-0.15, -0.1) is 0 Å². The standard InChI is InChI=1S/C20H27O4P/c1-15(2)14-18(5)22-25(21,23-19-10-6-16(3)7-11-19)24-20-12-8-17(4)9-13-20/h6-13,15,18H,14H2,1-5H3. The van der Waals surface area contributed by atoms with Crippen molar-refractivity contribution in [3.05, 3.63) is 59.7 Å². The normalized spacial score (nSPS) is 12.9. The summed E-state index contributed by atoms with van der Waals surface area (Å²) >= 11 is 0. The Kier molecular flexibility index (Phi) is 6.69. The van der Waals surface area contributed by atoms with Gasteiger partial charge in [-0.3, -0.25) is 4.52 Å². The van der Waals surface area contributed by atoms with E-state index in [0.717, 1.165) is 17.5 Å². The van der Waals surface area contributed by atoms with Crippen molar-refractivity contribution in [1.29, 1.82) is 0 Å². The average Bonchev–Trinajstić information content (AvgIpc) is 2.51. The Morgan fingerprint density at radius 1 is 0.800 bits per heavy atom. The topological polar surface area (TPSA) is 44.8 Å². The first-order valence-electron chi connectivity index (χ1n) is 8.57. The van der Waals surface area contributed by atoms with E-state index >= 15 is 0 Å². The van der Waals surface area contributed by atoms with Gasteiger partial charge in [-0.25, -0.2) is 4.57 Å². The molecule has 0 N–H and O–H groups in total. The van der Waals surface area contributed by atoms with Crippen LogP contribution in [0.15, 0.2) is 48.5 Å². The van der Waals surface area contributed by atoms with Crippen LogP contribution in [-0.2, 0) is 9.09 Å². The van der Waals surface area contributed by atoms with Crippen molar-refractivity contribution in [2.75, 3.05) is 0 Å². The molecule has 0 aliphatic heterocycles. The monoisotopic (exact) mass is 362 g/mol. The molecule has 0 aliphatic rings. The van der Waals surface area contributed by atoms with E-state index in [4.69, 9.17) is 13.6 Å². The van der Waals surface area contributed by atoms with Gasteiger partial charge in [-0.05, 0) is 57.4 Å². The summed E-state index contributed by atoms with van der Waals surface area (Å²) in [6.07, 6.45) is 0.514. The first-order valence-corrected chi connectivity index (χ1v) is 10.0. The van der Waals surface area contributed by atoms with E-state index in [-0.39, 0.29) is 6.10 Å². The van der Waals surface area contributed by atoms with Gasteiger partial charge >= 0.3 is 7.82 Å². The molecule has 2 aromatic rings. The third kappa shape index (κ3) is 6.56. The van der Waals surface area contributed by atoms with Gasteiger partial charge in [0.1, 0.15) is 11.5 Å². The highest BCUT2D eigenvalue weighted by molar-refractivity contribution is 7.49. The maximum atomic E-state index is 13.2. The van der Waals surface area contributed by atoms with Crippen LogP contribution in [-0.4, -0.2) is 6.10 Å². The molecule has 5 heteroatoms. The fourth-order valence-corrected chi connectivity index (χ4v) is 3.86. The summed E-state index contributed by atoms with van der Waals surface area (Å²) in [6.45, 7) is 10.0. The van der Waals surface area contributed by atoms with Gasteiger partial charge in [0.2, 0.25) is 0 Å². The van der Waals surface area contributed by atoms with Crippen molar-refractivity contribution in [1.82, 2.24) is 0 Å². The molecule has 0 heterocycles.